The Kier molecular flexibility index (Phi) is 2.44. The Morgan fingerprint density at radius 1 is 1.38 bits per heavy atom. The van der Waals surface area contributed by atoms with E-state index in [1.807, 2.05) is 0 Å². The molecule has 2 rings (SSSR count). The second-order valence-electron chi connectivity index (χ2n) is 3.35. The molecule has 0 aliphatic heterocycles. The van der Waals surface area contributed by atoms with Crippen molar-refractivity contribution in [3.63, 3.8) is 0 Å². The maximum Gasteiger partial charge on any atom is 0.308 e. The molecule has 0 N–H and O–H groups in total. The molecule has 5 nitrogen and oxygen atoms in total. The second kappa shape index (κ2) is 3.77. The Labute approximate surface area is 91.6 Å². The highest BCUT2D eigenvalue weighted by atomic mass is 16.5. The first-order valence-corrected chi connectivity index (χ1v) is 4.75. The van der Waals surface area contributed by atoms with E-state index in [9.17, 15) is 9.59 Å². The topological polar surface area (TPSA) is 61.2 Å². The molecule has 16 heavy (non-hydrogen) atoms. The second-order valence-corrected chi connectivity index (χ2v) is 3.35. The van der Waals surface area contributed by atoms with Crippen LogP contribution in [0.25, 0.3) is 11.0 Å². The maximum absolute atomic E-state index is 11.4. The van der Waals surface area contributed by atoms with E-state index >= 15 is 0 Å². The third kappa shape index (κ3) is 1.67. The average molecular weight is 218 g/mol. The fourth-order valence-electron chi connectivity index (χ4n) is 1.52. The van der Waals surface area contributed by atoms with Crippen molar-refractivity contribution in [2.24, 2.45) is 0 Å². The monoisotopic (exact) mass is 218 g/mol. The van der Waals surface area contributed by atoms with E-state index < -0.39 is 5.97 Å². The van der Waals surface area contributed by atoms with E-state index in [1.165, 1.54) is 24.6 Å². The maximum atomic E-state index is 11.4. The summed E-state index contributed by atoms with van der Waals surface area (Å²) in [5.41, 5.74) is 1.14. The number of esters is 1. The van der Waals surface area contributed by atoms with E-state index in [4.69, 9.17) is 4.74 Å². The van der Waals surface area contributed by atoms with Crippen molar-refractivity contribution in [1.82, 2.24) is 9.55 Å². The lowest BCUT2D eigenvalue weighted by molar-refractivity contribution is -0.131. The minimum absolute atomic E-state index is 0.156. The summed E-state index contributed by atoms with van der Waals surface area (Å²) in [4.78, 5) is 26.3. The minimum Gasteiger partial charge on any atom is -0.423 e. The number of hydrogen-bond acceptors (Lipinski definition) is 4. The summed E-state index contributed by atoms with van der Waals surface area (Å²) in [5.74, 6) is -0.289. The fraction of sp³-hybridized carbons (Fsp3) is 0.182. The summed E-state index contributed by atoms with van der Waals surface area (Å²) in [6.07, 6.45) is 3.06. The zero-order valence-corrected chi connectivity index (χ0v) is 8.93. The highest BCUT2D eigenvalue weighted by Gasteiger charge is 2.13. The zero-order chi connectivity index (χ0) is 11.7. The molecule has 0 aliphatic carbocycles. The van der Waals surface area contributed by atoms with Crippen molar-refractivity contribution in [3.8, 4) is 5.75 Å². The lowest BCUT2D eigenvalue weighted by Crippen LogP contribution is -2.03. The molecule has 0 unspecified atom stereocenters. The van der Waals surface area contributed by atoms with Gasteiger partial charge in [-0.1, -0.05) is 0 Å². The van der Waals surface area contributed by atoms with Crippen molar-refractivity contribution in [2.75, 3.05) is 0 Å². The molecule has 2 heterocycles. The summed E-state index contributed by atoms with van der Waals surface area (Å²) in [6, 6.07) is 3.47. The quantitative estimate of drug-likeness (QED) is 0.682. The lowest BCUT2D eigenvalue weighted by Gasteiger charge is -1.96. The molecule has 0 atom stereocenters. The molecule has 0 fully saturated rings. The van der Waals surface area contributed by atoms with Crippen molar-refractivity contribution in [2.45, 2.75) is 13.8 Å². The van der Waals surface area contributed by atoms with Gasteiger partial charge >= 0.3 is 5.97 Å². The normalized spacial score (nSPS) is 10.4. The first-order chi connectivity index (χ1) is 7.59. The first kappa shape index (κ1) is 10.4. The lowest BCUT2D eigenvalue weighted by atomic mass is 10.4. The summed E-state index contributed by atoms with van der Waals surface area (Å²) >= 11 is 0. The van der Waals surface area contributed by atoms with Gasteiger partial charge in [-0.15, -0.1) is 0 Å². The van der Waals surface area contributed by atoms with E-state index in [0.29, 0.717) is 16.8 Å². The van der Waals surface area contributed by atoms with Crippen LogP contribution < -0.4 is 4.74 Å². The molecule has 0 spiro atoms. The van der Waals surface area contributed by atoms with Crippen LogP contribution in [0.2, 0.25) is 0 Å². The van der Waals surface area contributed by atoms with Crippen molar-refractivity contribution in [1.29, 1.82) is 0 Å². The molecule has 82 valence electrons. The van der Waals surface area contributed by atoms with E-state index in [0.717, 1.165) is 0 Å². The SMILES string of the molecule is CC(=O)Oc1cn(C(C)=O)c2cccnc12. The van der Waals surface area contributed by atoms with Gasteiger partial charge in [-0.3, -0.25) is 19.1 Å². The van der Waals surface area contributed by atoms with Gasteiger partial charge in [-0.05, 0) is 12.1 Å². The number of carbonyl (C=O) groups is 2. The van der Waals surface area contributed by atoms with Crippen molar-refractivity contribution < 1.29 is 14.3 Å². The number of rotatable bonds is 1. The van der Waals surface area contributed by atoms with Gasteiger partial charge in [0.05, 0.1) is 11.7 Å². The smallest absolute Gasteiger partial charge is 0.308 e. The van der Waals surface area contributed by atoms with Gasteiger partial charge in [-0.25, -0.2) is 0 Å². The first-order valence-electron chi connectivity index (χ1n) is 4.75. The zero-order valence-electron chi connectivity index (χ0n) is 8.93. The highest BCUT2D eigenvalue weighted by molar-refractivity contribution is 5.94. The van der Waals surface area contributed by atoms with Crippen LogP contribution in [0.4, 0.5) is 0 Å². The number of ether oxygens (including phenoxy) is 1. The third-order valence-corrected chi connectivity index (χ3v) is 2.12. The van der Waals surface area contributed by atoms with Crippen molar-refractivity contribution in [3.05, 3.63) is 24.5 Å². The Hall–Kier alpha value is -2.17. The van der Waals surface area contributed by atoms with Crippen LogP contribution in [0.1, 0.15) is 18.6 Å². The molecule has 2 aromatic heterocycles. The van der Waals surface area contributed by atoms with Crippen LogP contribution in [0.5, 0.6) is 5.75 Å². The number of carbonyl (C=O) groups excluding carboxylic acids is 2. The number of nitrogens with zero attached hydrogens (tertiary/aromatic N) is 2. The predicted molar refractivity (Wildman–Crippen MR) is 57.3 cm³/mol. The Morgan fingerprint density at radius 3 is 2.75 bits per heavy atom. The minimum atomic E-state index is -0.437. The van der Waals surface area contributed by atoms with Crippen LogP contribution in [0.15, 0.2) is 24.5 Å². The highest BCUT2D eigenvalue weighted by Crippen LogP contribution is 2.25. The van der Waals surface area contributed by atoms with Gasteiger partial charge in [0.2, 0.25) is 5.91 Å². The Balaban J connectivity index is 2.66. The van der Waals surface area contributed by atoms with Gasteiger partial charge in [0.15, 0.2) is 5.75 Å². The van der Waals surface area contributed by atoms with Gasteiger partial charge in [-0.2, -0.15) is 0 Å². The molecule has 0 saturated carbocycles. The molecular formula is C11H10N2O3. The van der Waals surface area contributed by atoms with Crippen LogP contribution in [0.3, 0.4) is 0 Å². The Morgan fingerprint density at radius 2 is 2.12 bits per heavy atom. The molecular weight excluding hydrogens is 208 g/mol. The number of fused-ring (bicyclic) bond motifs is 1. The fourth-order valence-corrected chi connectivity index (χ4v) is 1.52. The molecule has 0 amide bonds. The summed E-state index contributed by atoms with van der Waals surface area (Å²) in [5, 5.41) is 0. The number of pyridine rings is 1. The molecule has 0 bridgehead atoms. The van der Waals surface area contributed by atoms with Gasteiger partial charge in [0.25, 0.3) is 0 Å². The largest absolute Gasteiger partial charge is 0.423 e. The molecule has 0 aliphatic rings. The predicted octanol–water partition coefficient (Wildman–Crippen LogP) is 1.62. The van der Waals surface area contributed by atoms with E-state index in [-0.39, 0.29) is 5.91 Å². The molecule has 2 aromatic rings. The van der Waals surface area contributed by atoms with Crippen molar-refractivity contribution >= 4 is 22.9 Å². The van der Waals surface area contributed by atoms with Crippen LogP contribution >= 0.6 is 0 Å². The molecule has 0 radical (unpaired) electrons. The number of aromatic nitrogens is 2. The molecule has 0 aromatic carbocycles. The van der Waals surface area contributed by atoms with E-state index in [1.54, 1.807) is 18.3 Å². The van der Waals surface area contributed by atoms with Crippen LogP contribution in [-0.2, 0) is 4.79 Å². The molecule has 0 saturated heterocycles. The van der Waals surface area contributed by atoms with Crippen LogP contribution in [-0.4, -0.2) is 21.4 Å². The number of hydrogen-bond donors (Lipinski definition) is 0. The van der Waals surface area contributed by atoms with Crippen LogP contribution in [0, 0.1) is 0 Å². The molecule has 5 heteroatoms. The Bertz CT molecular complexity index is 572. The van der Waals surface area contributed by atoms with E-state index in [2.05, 4.69) is 4.98 Å². The third-order valence-electron chi connectivity index (χ3n) is 2.12. The van der Waals surface area contributed by atoms with Gasteiger partial charge in [0.1, 0.15) is 5.52 Å². The summed E-state index contributed by atoms with van der Waals surface area (Å²) in [6.45, 7) is 2.74. The average Bonchev–Trinajstić information content (AvgIpc) is 2.57. The van der Waals surface area contributed by atoms with Gasteiger partial charge < -0.3 is 4.74 Å². The standard InChI is InChI=1S/C11H10N2O3/c1-7(14)13-6-10(16-8(2)15)11-9(13)4-3-5-12-11/h3-6H,1-2H3. The summed E-state index contributed by atoms with van der Waals surface area (Å²) in [7, 11) is 0. The van der Waals surface area contributed by atoms with Gasteiger partial charge in [0, 0.05) is 20.0 Å². The summed E-state index contributed by atoms with van der Waals surface area (Å²) < 4.78 is 6.39.